The van der Waals surface area contributed by atoms with Crippen LogP contribution in [0.1, 0.15) is 6.42 Å². The van der Waals surface area contributed by atoms with Gasteiger partial charge in [-0.15, -0.1) is 0 Å². The van der Waals surface area contributed by atoms with Crippen molar-refractivity contribution in [1.82, 2.24) is 0 Å². The van der Waals surface area contributed by atoms with Gasteiger partial charge in [0.05, 0.1) is 5.41 Å². The Bertz CT molecular complexity index is 450. The van der Waals surface area contributed by atoms with Gasteiger partial charge in [0.15, 0.2) is 0 Å². The SMILES string of the molecule is C=CC(=O)OCC(COC(=O)C=C)(COC(=O)C=C)CC(N)=O. The Morgan fingerprint density at radius 1 is 0.783 bits per heavy atom. The Hall–Kier alpha value is -2.90. The van der Waals surface area contributed by atoms with E-state index in [9.17, 15) is 19.2 Å². The summed E-state index contributed by atoms with van der Waals surface area (Å²) in [6.07, 6.45) is 2.40. The zero-order valence-electron chi connectivity index (χ0n) is 12.6. The highest BCUT2D eigenvalue weighted by atomic mass is 16.6. The quantitative estimate of drug-likeness (QED) is 0.323. The summed E-state index contributed by atoms with van der Waals surface area (Å²) in [5, 5.41) is 0. The van der Waals surface area contributed by atoms with Crippen LogP contribution < -0.4 is 5.73 Å². The second-order valence-electron chi connectivity index (χ2n) is 4.58. The molecular formula is C15H19NO7. The second-order valence-corrected chi connectivity index (χ2v) is 4.58. The highest BCUT2D eigenvalue weighted by molar-refractivity contribution is 5.82. The van der Waals surface area contributed by atoms with Gasteiger partial charge in [-0.05, 0) is 0 Å². The van der Waals surface area contributed by atoms with Gasteiger partial charge in [-0.3, -0.25) is 4.79 Å². The number of hydrogen-bond donors (Lipinski definition) is 1. The van der Waals surface area contributed by atoms with Crippen LogP contribution >= 0.6 is 0 Å². The first-order valence-electron chi connectivity index (χ1n) is 6.44. The molecule has 126 valence electrons. The molecule has 8 heteroatoms. The third-order valence-corrected chi connectivity index (χ3v) is 2.61. The van der Waals surface area contributed by atoms with Crippen molar-refractivity contribution in [3.05, 3.63) is 38.0 Å². The average molecular weight is 325 g/mol. The number of hydrogen-bond acceptors (Lipinski definition) is 7. The molecular weight excluding hydrogens is 306 g/mol. The molecule has 0 aliphatic heterocycles. The lowest BCUT2D eigenvalue weighted by Crippen LogP contribution is -2.42. The minimum atomic E-state index is -1.33. The number of carbonyl (C=O) groups is 4. The molecule has 0 radical (unpaired) electrons. The molecule has 0 aromatic carbocycles. The minimum Gasteiger partial charge on any atom is -0.462 e. The third-order valence-electron chi connectivity index (χ3n) is 2.61. The summed E-state index contributed by atoms with van der Waals surface area (Å²) in [5.41, 5.74) is 3.84. The van der Waals surface area contributed by atoms with Gasteiger partial charge in [0.25, 0.3) is 0 Å². The van der Waals surface area contributed by atoms with E-state index in [1.165, 1.54) is 0 Å². The van der Waals surface area contributed by atoms with Gasteiger partial charge < -0.3 is 19.9 Å². The lowest BCUT2D eigenvalue weighted by atomic mass is 9.86. The van der Waals surface area contributed by atoms with Crippen LogP contribution in [0.3, 0.4) is 0 Å². The van der Waals surface area contributed by atoms with Crippen LogP contribution in [0, 0.1) is 5.41 Å². The van der Waals surface area contributed by atoms with E-state index in [1.54, 1.807) is 0 Å². The van der Waals surface area contributed by atoms with Crippen molar-refractivity contribution in [1.29, 1.82) is 0 Å². The fourth-order valence-electron chi connectivity index (χ4n) is 1.50. The molecule has 0 unspecified atom stereocenters. The number of amides is 1. The van der Waals surface area contributed by atoms with Crippen LogP contribution in [0.4, 0.5) is 0 Å². The second kappa shape index (κ2) is 9.93. The molecule has 1 amide bonds. The van der Waals surface area contributed by atoms with Crippen molar-refractivity contribution in [2.45, 2.75) is 6.42 Å². The highest BCUT2D eigenvalue weighted by Crippen LogP contribution is 2.25. The molecule has 0 aromatic rings. The van der Waals surface area contributed by atoms with Crippen molar-refractivity contribution >= 4 is 23.8 Å². The van der Waals surface area contributed by atoms with Crippen LogP contribution in [-0.2, 0) is 33.4 Å². The molecule has 8 nitrogen and oxygen atoms in total. The number of ether oxygens (including phenoxy) is 3. The first-order chi connectivity index (χ1) is 10.8. The molecule has 0 fully saturated rings. The Labute approximate surface area is 133 Å². The number of rotatable bonds is 11. The van der Waals surface area contributed by atoms with E-state index in [4.69, 9.17) is 19.9 Å². The number of primary amides is 1. The summed E-state index contributed by atoms with van der Waals surface area (Å²) in [6.45, 7) is 8.56. The summed E-state index contributed by atoms with van der Waals surface area (Å²) < 4.78 is 14.7. The molecule has 2 N–H and O–H groups in total. The van der Waals surface area contributed by atoms with Gasteiger partial charge in [0.1, 0.15) is 19.8 Å². The van der Waals surface area contributed by atoms with Crippen molar-refractivity contribution in [2.24, 2.45) is 11.1 Å². The topological polar surface area (TPSA) is 122 Å². The van der Waals surface area contributed by atoms with Gasteiger partial charge in [0, 0.05) is 24.6 Å². The predicted octanol–water partition coefficient (Wildman–Crippen LogP) is 0.0358. The summed E-state index contributed by atoms with van der Waals surface area (Å²) in [5.74, 6) is -3.04. The molecule has 0 aliphatic rings. The molecule has 0 aliphatic carbocycles. The third kappa shape index (κ3) is 8.20. The molecule has 0 heterocycles. The monoisotopic (exact) mass is 325 g/mol. The maximum absolute atomic E-state index is 11.3. The number of nitrogens with two attached hydrogens (primary N) is 1. The Morgan fingerprint density at radius 2 is 1.09 bits per heavy atom. The van der Waals surface area contributed by atoms with Gasteiger partial charge in [0.2, 0.25) is 5.91 Å². The normalized spacial score (nSPS) is 10.1. The summed E-state index contributed by atoms with van der Waals surface area (Å²) in [6, 6.07) is 0. The van der Waals surface area contributed by atoms with E-state index in [0.717, 1.165) is 18.2 Å². The van der Waals surface area contributed by atoms with Crippen molar-refractivity contribution < 1.29 is 33.4 Å². The molecule has 0 spiro atoms. The lowest BCUT2D eigenvalue weighted by molar-refractivity contribution is -0.158. The first-order valence-corrected chi connectivity index (χ1v) is 6.44. The smallest absolute Gasteiger partial charge is 0.330 e. The average Bonchev–Trinajstić information content (AvgIpc) is 2.54. The Balaban J connectivity index is 5.25. The van der Waals surface area contributed by atoms with Gasteiger partial charge in [-0.25, -0.2) is 14.4 Å². The Kier molecular flexibility index (Phi) is 8.68. The van der Waals surface area contributed by atoms with E-state index in [2.05, 4.69) is 19.7 Å². The van der Waals surface area contributed by atoms with Crippen LogP contribution in [0.25, 0.3) is 0 Å². The standard InChI is InChI=1S/C15H19NO7/c1-4-12(18)21-8-15(7-11(16)17,9-22-13(19)5-2)10-23-14(20)6-3/h4-6H,1-3,7-10H2,(H2,16,17). The van der Waals surface area contributed by atoms with Crippen LogP contribution in [-0.4, -0.2) is 43.6 Å². The number of carbonyl (C=O) groups excluding carboxylic acids is 4. The molecule has 0 rings (SSSR count). The van der Waals surface area contributed by atoms with Gasteiger partial charge in [-0.2, -0.15) is 0 Å². The summed E-state index contributed by atoms with van der Waals surface area (Å²) in [7, 11) is 0. The molecule has 0 saturated carbocycles. The largest absolute Gasteiger partial charge is 0.462 e. The molecule has 23 heavy (non-hydrogen) atoms. The van der Waals surface area contributed by atoms with E-state index in [0.29, 0.717) is 0 Å². The molecule has 0 aromatic heterocycles. The lowest BCUT2D eigenvalue weighted by Gasteiger charge is -2.30. The zero-order valence-corrected chi connectivity index (χ0v) is 12.6. The minimum absolute atomic E-state index is 0.355. The van der Waals surface area contributed by atoms with Crippen molar-refractivity contribution in [3.63, 3.8) is 0 Å². The Morgan fingerprint density at radius 3 is 1.30 bits per heavy atom. The fourth-order valence-corrected chi connectivity index (χ4v) is 1.50. The zero-order chi connectivity index (χ0) is 17.9. The first kappa shape index (κ1) is 20.1. The molecule has 0 bridgehead atoms. The van der Waals surface area contributed by atoms with Crippen molar-refractivity contribution in [3.8, 4) is 0 Å². The van der Waals surface area contributed by atoms with Crippen LogP contribution in [0.2, 0.25) is 0 Å². The van der Waals surface area contributed by atoms with Crippen molar-refractivity contribution in [2.75, 3.05) is 19.8 Å². The van der Waals surface area contributed by atoms with Crippen LogP contribution in [0.15, 0.2) is 38.0 Å². The maximum Gasteiger partial charge on any atom is 0.330 e. The molecule has 0 saturated heterocycles. The fraction of sp³-hybridized carbons (Fsp3) is 0.333. The predicted molar refractivity (Wildman–Crippen MR) is 79.7 cm³/mol. The van der Waals surface area contributed by atoms with Gasteiger partial charge in [-0.1, -0.05) is 19.7 Å². The number of esters is 3. The van der Waals surface area contributed by atoms with Gasteiger partial charge >= 0.3 is 17.9 Å². The van der Waals surface area contributed by atoms with Crippen LogP contribution in [0.5, 0.6) is 0 Å². The maximum atomic E-state index is 11.3. The summed E-state index contributed by atoms with van der Waals surface area (Å²) in [4.78, 5) is 45.0. The van der Waals surface area contributed by atoms with E-state index in [-0.39, 0.29) is 26.2 Å². The van der Waals surface area contributed by atoms with E-state index >= 15 is 0 Å². The summed E-state index contributed by atoms with van der Waals surface area (Å²) >= 11 is 0. The molecule has 0 atom stereocenters. The van der Waals surface area contributed by atoms with E-state index < -0.39 is 29.2 Å². The highest BCUT2D eigenvalue weighted by Gasteiger charge is 2.37. The van der Waals surface area contributed by atoms with E-state index in [1.807, 2.05) is 0 Å².